The van der Waals surface area contributed by atoms with Gasteiger partial charge in [0.05, 0.1) is 23.5 Å². The Balaban J connectivity index is 2.05. The molecule has 0 unspecified atom stereocenters. The largest absolute Gasteiger partial charge is 0.492 e. The van der Waals surface area contributed by atoms with Gasteiger partial charge in [-0.2, -0.15) is 18.3 Å². The van der Waals surface area contributed by atoms with Gasteiger partial charge in [0.1, 0.15) is 5.75 Å². The second-order valence-electron chi connectivity index (χ2n) is 6.31. The molecule has 0 spiro atoms. The van der Waals surface area contributed by atoms with E-state index < -0.39 is 28.8 Å². The van der Waals surface area contributed by atoms with E-state index in [2.05, 4.69) is 10.4 Å². The van der Waals surface area contributed by atoms with Gasteiger partial charge in [0.15, 0.2) is 5.69 Å². The van der Waals surface area contributed by atoms with Crippen molar-refractivity contribution in [3.63, 3.8) is 0 Å². The van der Waals surface area contributed by atoms with Crippen molar-refractivity contribution in [2.45, 2.75) is 20.0 Å². The van der Waals surface area contributed by atoms with E-state index >= 15 is 0 Å². The molecule has 2 aromatic carbocycles. The van der Waals surface area contributed by atoms with Crippen LogP contribution in [0.1, 0.15) is 28.7 Å². The van der Waals surface area contributed by atoms with Crippen LogP contribution in [0.5, 0.6) is 5.75 Å². The van der Waals surface area contributed by atoms with Crippen molar-refractivity contribution >= 4 is 11.6 Å². The number of carbonyl (C=O) groups excluding carboxylic acids is 1. The Labute approximate surface area is 169 Å². The maximum atomic E-state index is 13.4. The van der Waals surface area contributed by atoms with Gasteiger partial charge in [0.2, 0.25) is 5.43 Å². The molecular weight excluding hydrogens is 399 g/mol. The molecule has 156 valence electrons. The van der Waals surface area contributed by atoms with Crippen molar-refractivity contribution in [1.82, 2.24) is 9.78 Å². The Morgan fingerprint density at radius 1 is 1.13 bits per heavy atom. The molecule has 3 rings (SSSR count). The highest BCUT2D eigenvalue weighted by molar-refractivity contribution is 6.03. The number of halogens is 3. The van der Waals surface area contributed by atoms with Crippen LogP contribution in [-0.4, -0.2) is 22.3 Å². The number of amides is 1. The Kier molecular flexibility index (Phi) is 5.91. The first-order valence-electron chi connectivity index (χ1n) is 9.03. The fourth-order valence-electron chi connectivity index (χ4n) is 2.88. The van der Waals surface area contributed by atoms with Crippen LogP contribution in [0.25, 0.3) is 5.69 Å². The Hall–Kier alpha value is -3.62. The number of aromatic nitrogens is 2. The summed E-state index contributed by atoms with van der Waals surface area (Å²) in [6.45, 7) is 3.57. The smallest absolute Gasteiger partial charge is 0.418 e. The number of aryl methyl sites for hydroxylation is 1. The maximum Gasteiger partial charge on any atom is 0.418 e. The normalized spacial score (nSPS) is 11.2. The number of benzene rings is 2. The lowest BCUT2D eigenvalue weighted by Crippen LogP contribution is -2.27. The third-order valence-corrected chi connectivity index (χ3v) is 4.20. The van der Waals surface area contributed by atoms with E-state index in [1.807, 2.05) is 0 Å². The summed E-state index contributed by atoms with van der Waals surface area (Å²) < 4.78 is 46.6. The zero-order chi connectivity index (χ0) is 21.9. The monoisotopic (exact) mass is 417 g/mol. The van der Waals surface area contributed by atoms with Crippen molar-refractivity contribution in [2.75, 3.05) is 11.9 Å². The summed E-state index contributed by atoms with van der Waals surface area (Å²) in [5.74, 6) is -0.464. The molecular formula is C21H18F3N3O3. The maximum absolute atomic E-state index is 13.4. The molecule has 0 aliphatic rings. The fourth-order valence-corrected chi connectivity index (χ4v) is 2.88. The number of ether oxygens (including phenoxy) is 1. The van der Waals surface area contributed by atoms with Gasteiger partial charge in [0, 0.05) is 11.8 Å². The first-order valence-corrected chi connectivity index (χ1v) is 9.03. The van der Waals surface area contributed by atoms with Crippen molar-refractivity contribution in [3.05, 3.63) is 81.8 Å². The highest BCUT2D eigenvalue weighted by Gasteiger charge is 2.34. The van der Waals surface area contributed by atoms with E-state index in [9.17, 15) is 22.8 Å². The lowest BCUT2D eigenvalue weighted by atomic mass is 10.1. The number of hydrogen-bond donors (Lipinski definition) is 1. The SMILES string of the molecule is CCOc1ccccc1NC(=O)c1nn(-c2ccccc2C(F)(F)F)c(C)cc1=O. The Morgan fingerprint density at radius 2 is 1.80 bits per heavy atom. The van der Waals surface area contributed by atoms with Crippen LogP contribution >= 0.6 is 0 Å². The van der Waals surface area contributed by atoms with Gasteiger partial charge in [-0.25, -0.2) is 4.68 Å². The molecule has 3 aromatic rings. The second kappa shape index (κ2) is 8.40. The molecule has 1 heterocycles. The highest BCUT2D eigenvalue weighted by atomic mass is 19.4. The van der Waals surface area contributed by atoms with E-state index in [1.54, 1.807) is 31.2 Å². The van der Waals surface area contributed by atoms with E-state index in [-0.39, 0.29) is 11.4 Å². The Morgan fingerprint density at radius 3 is 2.50 bits per heavy atom. The summed E-state index contributed by atoms with van der Waals surface area (Å²) >= 11 is 0. The quantitative estimate of drug-likeness (QED) is 0.675. The first-order chi connectivity index (χ1) is 14.2. The lowest BCUT2D eigenvalue weighted by Gasteiger charge is -2.17. The van der Waals surface area contributed by atoms with Gasteiger partial charge in [0.25, 0.3) is 5.91 Å². The highest BCUT2D eigenvalue weighted by Crippen LogP contribution is 2.33. The summed E-state index contributed by atoms with van der Waals surface area (Å²) in [5, 5.41) is 6.47. The lowest BCUT2D eigenvalue weighted by molar-refractivity contribution is -0.137. The molecule has 1 N–H and O–H groups in total. The molecule has 0 saturated carbocycles. The van der Waals surface area contributed by atoms with Crippen molar-refractivity contribution in [3.8, 4) is 11.4 Å². The summed E-state index contributed by atoms with van der Waals surface area (Å²) in [5.41, 5.74) is -2.00. The fraction of sp³-hybridized carbons (Fsp3) is 0.190. The van der Waals surface area contributed by atoms with Crippen LogP contribution in [0, 0.1) is 6.92 Å². The van der Waals surface area contributed by atoms with Gasteiger partial charge in [-0.15, -0.1) is 0 Å². The van der Waals surface area contributed by atoms with Gasteiger partial charge in [-0.1, -0.05) is 24.3 Å². The minimum absolute atomic E-state index is 0.156. The van der Waals surface area contributed by atoms with Gasteiger partial charge in [-0.3, -0.25) is 9.59 Å². The molecule has 0 aliphatic heterocycles. The summed E-state index contributed by atoms with van der Waals surface area (Å²) in [6, 6.07) is 12.5. The molecule has 0 aliphatic carbocycles. The van der Waals surface area contributed by atoms with E-state index in [4.69, 9.17) is 4.74 Å². The molecule has 6 nitrogen and oxygen atoms in total. The van der Waals surface area contributed by atoms with E-state index in [0.717, 1.165) is 16.8 Å². The predicted molar refractivity (Wildman–Crippen MR) is 105 cm³/mol. The number of nitrogens with one attached hydrogen (secondary N) is 1. The number of rotatable bonds is 5. The number of para-hydroxylation sites is 3. The third kappa shape index (κ3) is 4.35. The van der Waals surface area contributed by atoms with Gasteiger partial charge >= 0.3 is 6.18 Å². The van der Waals surface area contributed by atoms with Crippen LogP contribution in [0.15, 0.2) is 59.4 Å². The van der Waals surface area contributed by atoms with Crippen molar-refractivity contribution in [2.24, 2.45) is 0 Å². The molecule has 0 fully saturated rings. The molecule has 0 radical (unpaired) electrons. The molecule has 0 saturated heterocycles. The number of anilines is 1. The molecule has 9 heteroatoms. The van der Waals surface area contributed by atoms with Crippen molar-refractivity contribution < 1.29 is 22.7 Å². The molecule has 1 amide bonds. The number of hydrogen-bond acceptors (Lipinski definition) is 4. The van der Waals surface area contributed by atoms with Crippen LogP contribution in [0.3, 0.4) is 0 Å². The summed E-state index contributed by atoms with van der Waals surface area (Å²) in [4.78, 5) is 25.1. The first kappa shape index (κ1) is 21.1. The second-order valence-corrected chi connectivity index (χ2v) is 6.31. The minimum Gasteiger partial charge on any atom is -0.492 e. The zero-order valence-electron chi connectivity index (χ0n) is 16.2. The van der Waals surface area contributed by atoms with E-state index in [1.165, 1.54) is 25.1 Å². The molecule has 0 bridgehead atoms. The Bertz CT molecular complexity index is 1140. The van der Waals surface area contributed by atoms with Gasteiger partial charge < -0.3 is 10.1 Å². The van der Waals surface area contributed by atoms with Crippen LogP contribution in [-0.2, 0) is 6.18 Å². The summed E-state index contributed by atoms with van der Waals surface area (Å²) in [7, 11) is 0. The molecule has 30 heavy (non-hydrogen) atoms. The third-order valence-electron chi connectivity index (χ3n) is 4.20. The van der Waals surface area contributed by atoms with Crippen LogP contribution in [0.2, 0.25) is 0 Å². The van der Waals surface area contributed by atoms with E-state index in [0.29, 0.717) is 18.0 Å². The predicted octanol–water partition coefficient (Wildman–Crippen LogP) is 4.21. The molecule has 0 atom stereocenters. The standard InChI is InChI=1S/C21H18F3N3O3/c1-3-30-18-11-7-5-9-15(18)25-20(29)19-17(28)12-13(2)27(26-19)16-10-6-4-8-14(16)21(22,23)24/h4-12H,3H2,1-2H3,(H,25,29). The topological polar surface area (TPSA) is 73.2 Å². The van der Waals surface area contributed by atoms with Crippen LogP contribution in [0.4, 0.5) is 18.9 Å². The van der Waals surface area contributed by atoms with Crippen molar-refractivity contribution in [1.29, 1.82) is 0 Å². The van der Waals surface area contributed by atoms with Gasteiger partial charge in [-0.05, 0) is 38.1 Å². The van der Waals surface area contributed by atoms with Crippen LogP contribution < -0.4 is 15.5 Å². The number of alkyl halides is 3. The summed E-state index contributed by atoms with van der Waals surface area (Å²) in [6.07, 6.45) is -4.63. The number of nitrogens with zero attached hydrogens (tertiary/aromatic N) is 2. The number of carbonyl (C=O) groups is 1. The molecule has 1 aromatic heterocycles. The average molecular weight is 417 g/mol. The average Bonchev–Trinajstić information content (AvgIpc) is 2.69. The zero-order valence-corrected chi connectivity index (χ0v) is 16.2. The minimum atomic E-state index is -4.63.